The number of nitrogens with one attached hydrogen (secondary N) is 3. The summed E-state index contributed by atoms with van der Waals surface area (Å²) in [5.41, 5.74) is 2.59. The van der Waals surface area contributed by atoms with Gasteiger partial charge in [-0.2, -0.15) is 0 Å². The first kappa shape index (κ1) is 18.7. The minimum absolute atomic E-state index is 0. The quantitative estimate of drug-likeness (QED) is 0.683. The fourth-order valence-corrected chi connectivity index (χ4v) is 3.91. The molecular weight excluding hydrogens is 356 g/mol. The summed E-state index contributed by atoms with van der Waals surface area (Å²) in [4.78, 5) is 37.9. The Morgan fingerprint density at radius 2 is 1.85 bits per heavy atom. The molecule has 3 heterocycles. The van der Waals surface area contributed by atoms with Gasteiger partial charge in [0.25, 0.3) is 5.91 Å². The molecule has 0 aliphatic carbocycles. The fraction of sp³-hybridized carbons (Fsp3) is 0.500. The Morgan fingerprint density at radius 3 is 2.58 bits per heavy atom. The van der Waals surface area contributed by atoms with Crippen molar-refractivity contribution in [1.29, 1.82) is 0 Å². The fourth-order valence-electron chi connectivity index (χ4n) is 3.91. The Labute approximate surface area is 158 Å². The minimum atomic E-state index is -0.565. The largest absolute Gasteiger partial charge is 0.382 e. The van der Waals surface area contributed by atoms with Gasteiger partial charge in [0.05, 0.1) is 0 Å². The number of halogens is 1. The Balaban J connectivity index is 0.00000196. The summed E-state index contributed by atoms with van der Waals surface area (Å²) in [6, 6.07) is 5.53. The number of fused-ring (bicyclic) bond motifs is 1. The summed E-state index contributed by atoms with van der Waals surface area (Å²) in [6.07, 6.45) is 2.76. The van der Waals surface area contributed by atoms with Crippen molar-refractivity contribution in [3.63, 3.8) is 0 Å². The number of piperidine rings is 2. The number of hydrogen-bond acceptors (Lipinski definition) is 5. The maximum absolute atomic E-state index is 12.8. The SMILES string of the molecule is Cl.O=C1CCC(N2Cc3c(NC4CCNCC4)cccc3C2=O)C(=O)N1. The molecule has 1 unspecified atom stereocenters. The molecule has 3 N–H and O–H groups in total. The molecule has 3 aliphatic rings. The van der Waals surface area contributed by atoms with Crippen LogP contribution in [0.3, 0.4) is 0 Å². The number of benzene rings is 1. The summed E-state index contributed by atoms with van der Waals surface area (Å²) in [7, 11) is 0. The van der Waals surface area contributed by atoms with Crippen LogP contribution in [0.15, 0.2) is 18.2 Å². The first-order chi connectivity index (χ1) is 12.1. The third-order valence-electron chi connectivity index (χ3n) is 5.28. The lowest BCUT2D eigenvalue weighted by atomic mass is 10.0. The average Bonchev–Trinajstić information content (AvgIpc) is 2.94. The van der Waals surface area contributed by atoms with E-state index in [4.69, 9.17) is 0 Å². The minimum Gasteiger partial charge on any atom is -0.382 e. The van der Waals surface area contributed by atoms with Gasteiger partial charge < -0.3 is 15.5 Å². The molecule has 140 valence electrons. The van der Waals surface area contributed by atoms with Gasteiger partial charge in [0.15, 0.2) is 0 Å². The van der Waals surface area contributed by atoms with E-state index < -0.39 is 6.04 Å². The second-order valence-electron chi connectivity index (χ2n) is 6.90. The first-order valence-electron chi connectivity index (χ1n) is 8.87. The summed E-state index contributed by atoms with van der Waals surface area (Å²) >= 11 is 0. The highest BCUT2D eigenvalue weighted by Crippen LogP contribution is 2.33. The van der Waals surface area contributed by atoms with E-state index in [-0.39, 0.29) is 36.5 Å². The molecule has 0 bridgehead atoms. The monoisotopic (exact) mass is 378 g/mol. The maximum atomic E-state index is 12.8. The number of nitrogens with zero attached hydrogens (tertiary/aromatic N) is 1. The van der Waals surface area contributed by atoms with E-state index in [0.717, 1.165) is 37.2 Å². The van der Waals surface area contributed by atoms with Crippen LogP contribution < -0.4 is 16.0 Å². The maximum Gasteiger partial charge on any atom is 0.255 e. The Bertz CT molecular complexity index is 733. The van der Waals surface area contributed by atoms with Crippen LogP contribution >= 0.6 is 12.4 Å². The Kier molecular flexibility index (Phi) is 5.48. The van der Waals surface area contributed by atoms with Crippen molar-refractivity contribution in [3.8, 4) is 0 Å². The number of rotatable bonds is 3. The topological polar surface area (TPSA) is 90.5 Å². The van der Waals surface area contributed by atoms with Crippen molar-refractivity contribution in [2.24, 2.45) is 0 Å². The number of imide groups is 1. The molecule has 1 atom stereocenters. The third-order valence-corrected chi connectivity index (χ3v) is 5.28. The molecule has 26 heavy (non-hydrogen) atoms. The molecule has 2 fully saturated rings. The molecule has 4 rings (SSSR count). The van der Waals surface area contributed by atoms with Crippen LogP contribution in [0.2, 0.25) is 0 Å². The van der Waals surface area contributed by atoms with E-state index in [1.807, 2.05) is 18.2 Å². The smallest absolute Gasteiger partial charge is 0.255 e. The summed E-state index contributed by atoms with van der Waals surface area (Å²) in [5.74, 6) is -0.762. The molecule has 0 saturated carbocycles. The zero-order valence-electron chi connectivity index (χ0n) is 14.4. The molecule has 2 saturated heterocycles. The van der Waals surface area contributed by atoms with E-state index in [0.29, 0.717) is 24.6 Å². The molecule has 0 radical (unpaired) electrons. The second kappa shape index (κ2) is 7.63. The molecule has 7 nitrogen and oxygen atoms in total. The third kappa shape index (κ3) is 3.41. The van der Waals surface area contributed by atoms with Gasteiger partial charge in [-0.05, 0) is 44.5 Å². The van der Waals surface area contributed by atoms with Crippen molar-refractivity contribution in [1.82, 2.24) is 15.5 Å². The standard InChI is InChI=1S/C18H22N4O3.ClH/c23-16-5-4-15(17(24)21-16)22-10-13-12(18(22)25)2-1-3-14(13)20-11-6-8-19-9-7-11;/h1-3,11,15,19-20H,4-10H2,(H,21,23,24);1H. The van der Waals surface area contributed by atoms with Crippen molar-refractivity contribution >= 4 is 35.8 Å². The molecule has 0 aromatic heterocycles. The van der Waals surface area contributed by atoms with Crippen LogP contribution in [0.4, 0.5) is 5.69 Å². The summed E-state index contributed by atoms with van der Waals surface area (Å²) in [5, 5.41) is 9.25. The molecule has 1 aromatic rings. The predicted octanol–water partition coefficient (Wildman–Crippen LogP) is 1.03. The van der Waals surface area contributed by atoms with Crippen LogP contribution in [0.25, 0.3) is 0 Å². The highest BCUT2D eigenvalue weighted by molar-refractivity contribution is 6.06. The number of anilines is 1. The molecule has 0 spiro atoms. The van der Waals surface area contributed by atoms with Gasteiger partial charge in [-0.15, -0.1) is 12.4 Å². The Morgan fingerprint density at radius 1 is 1.08 bits per heavy atom. The van der Waals surface area contributed by atoms with E-state index in [1.165, 1.54) is 0 Å². The van der Waals surface area contributed by atoms with Crippen molar-refractivity contribution in [2.75, 3.05) is 18.4 Å². The molecular formula is C18H23ClN4O3. The predicted molar refractivity (Wildman–Crippen MR) is 99.2 cm³/mol. The van der Waals surface area contributed by atoms with Gasteiger partial charge in [0, 0.05) is 35.8 Å². The molecule has 3 aliphatic heterocycles. The Hall–Kier alpha value is -2.12. The van der Waals surface area contributed by atoms with E-state index >= 15 is 0 Å². The van der Waals surface area contributed by atoms with Crippen molar-refractivity contribution < 1.29 is 14.4 Å². The van der Waals surface area contributed by atoms with E-state index in [2.05, 4.69) is 16.0 Å². The summed E-state index contributed by atoms with van der Waals surface area (Å²) in [6.45, 7) is 2.40. The van der Waals surface area contributed by atoms with Gasteiger partial charge >= 0.3 is 0 Å². The number of carbonyl (C=O) groups excluding carboxylic acids is 3. The van der Waals surface area contributed by atoms with Gasteiger partial charge in [-0.1, -0.05) is 6.07 Å². The van der Waals surface area contributed by atoms with E-state index in [1.54, 1.807) is 4.90 Å². The zero-order chi connectivity index (χ0) is 17.4. The van der Waals surface area contributed by atoms with Crippen LogP contribution in [-0.2, 0) is 16.1 Å². The van der Waals surface area contributed by atoms with Crippen LogP contribution in [0.1, 0.15) is 41.6 Å². The molecule has 8 heteroatoms. The summed E-state index contributed by atoms with van der Waals surface area (Å²) < 4.78 is 0. The van der Waals surface area contributed by atoms with E-state index in [9.17, 15) is 14.4 Å². The lowest BCUT2D eigenvalue weighted by molar-refractivity contribution is -0.136. The van der Waals surface area contributed by atoms with Crippen molar-refractivity contribution in [2.45, 2.75) is 44.3 Å². The van der Waals surface area contributed by atoms with Crippen LogP contribution in [0, 0.1) is 0 Å². The number of amides is 3. The number of carbonyl (C=O) groups is 3. The average molecular weight is 379 g/mol. The lowest BCUT2D eigenvalue weighted by Crippen LogP contribution is -2.52. The second-order valence-corrected chi connectivity index (χ2v) is 6.90. The van der Waals surface area contributed by atoms with Crippen LogP contribution in [0.5, 0.6) is 0 Å². The van der Waals surface area contributed by atoms with Crippen molar-refractivity contribution in [3.05, 3.63) is 29.3 Å². The number of hydrogen-bond donors (Lipinski definition) is 3. The molecule has 1 aromatic carbocycles. The normalized spacial score (nSPS) is 23.3. The van der Waals surface area contributed by atoms with Gasteiger partial charge in [0.2, 0.25) is 11.8 Å². The lowest BCUT2D eigenvalue weighted by Gasteiger charge is -2.29. The highest BCUT2D eigenvalue weighted by atomic mass is 35.5. The molecule has 3 amide bonds. The van der Waals surface area contributed by atoms with Gasteiger partial charge in [-0.3, -0.25) is 19.7 Å². The first-order valence-corrected chi connectivity index (χ1v) is 8.87. The highest BCUT2D eigenvalue weighted by Gasteiger charge is 2.39. The zero-order valence-corrected chi connectivity index (χ0v) is 15.2. The van der Waals surface area contributed by atoms with Crippen LogP contribution in [-0.4, -0.2) is 47.8 Å². The van der Waals surface area contributed by atoms with Gasteiger partial charge in [0.1, 0.15) is 6.04 Å². The van der Waals surface area contributed by atoms with Gasteiger partial charge in [-0.25, -0.2) is 0 Å².